The lowest BCUT2D eigenvalue weighted by Gasteiger charge is -2.25. The van der Waals surface area contributed by atoms with Crippen LogP contribution in [0.25, 0.3) is 0 Å². The summed E-state index contributed by atoms with van der Waals surface area (Å²) in [4.78, 5) is 0. The van der Waals surface area contributed by atoms with Gasteiger partial charge in [0.2, 0.25) is 0 Å². The fourth-order valence-electron chi connectivity index (χ4n) is 1.75. The van der Waals surface area contributed by atoms with E-state index in [1.54, 1.807) is 0 Å². The molecule has 20 heavy (non-hydrogen) atoms. The average molecular weight is 377 g/mol. The van der Waals surface area contributed by atoms with Crippen LogP contribution in [0.3, 0.4) is 0 Å². The zero-order valence-electron chi connectivity index (χ0n) is 11.1. The van der Waals surface area contributed by atoms with Gasteiger partial charge in [0, 0.05) is 4.47 Å². The Morgan fingerprint density at radius 1 is 1.35 bits per heavy atom. The van der Waals surface area contributed by atoms with Gasteiger partial charge in [0.1, 0.15) is 0 Å². The first-order chi connectivity index (χ1) is 8.68. The summed E-state index contributed by atoms with van der Waals surface area (Å²) in [6.07, 6.45) is -4.60. The van der Waals surface area contributed by atoms with Gasteiger partial charge in [0.25, 0.3) is 0 Å². The number of benzene rings is 1. The Morgan fingerprint density at radius 3 is 2.35 bits per heavy atom. The Balaban J connectivity index is 0.00000361. The molecule has 2 nitrogen and oxygen atoms in total. The van der Waals surface area contributed by atoms with Crippen molar-refractivity contribution in [2.75, 3.05) is 0 Å². The van der Waals surface area contributed by atoms with Crippen LogP contribution in [0.5, 0.6) is 0 Å². The van der Waals surface area contributed by atoms with Crippen molar-refractivity contribution < 1.29 is 18.3 Å². The van der Waals surface area contributed by atoms with Crippen LogP contribution in [0.2, 0.25) is 0 Å². The smallest absolute Gasteiger partial charge is 0.391 e. The van der Waals surface area contributed by atoms with Crippen LogP contribution < -0.4 is 5.73 Å². The summed E-state index contributed by atoms with van der Waals surface area (Å²) < 4.78 is 38.5. The monoisotopic (exact) mass is 375 g/mol. The summed E-state index contributed by atoms with van der Waals surface area (Å²) >= 11 is 3.18. The van der Waals surface area contributed by atoms with Gasteiger partial charge in [-0.15, -0.1) is 12.4 Å². The second kappa shape index (κ2) is 7.64. The van der Waals surface area contributed by atoms with Crippen LogP contribution in [0, 0.1) is 5.92 Å². The highest BCUT2D eigenvalue weighted by atomic mass is 79.9. The van der Waals surface area contributed by atoms with E-state index in [4.69, 9.17) is 5.73 Å². The number of rotatable bonds is 4. The SMILES string of the molecule is CCC(C)[C@H](O)[C@H](N)c1cc(C(F)(F)F)ccc1Br.Cl. The summed E-state index contributed by atoms with van der Waals surface area (Å²) in [7, 11) is 0. The summed E-state index contributed by atoms with van der Waals surface area (Å²) in [6, 6.07) is 2.42. The van der Waals surface area contributed by atoms with Crippen molar-refractivity contribution in [3.63, 3.8) is 0 Å². The predicted octanol–water partition coefficient (Wildman–Crippen LogP) is 4.30. The molecule has 116 valence electrons. The van der Waals surface area contributed by atoms with Crippen molar-refractivity contribution in [1.29, 1.82) is 0 Å². The Bertz CT molecular complexity index is 442. The predicted molar refractivity (Wildman–Crippen MR) is 78.8 cm³/mol. The van der Waals surface area contributed by atoms with Crippen molar-refractivity contribution in [3.05, 3.63) is 33.8 Å². The van der Waals surface area contributed by atoms with Crippen molar-refractivity contribution in [3.8, 4) is 0 Å². The molecule has 3 N–H and O–H groups in total. The highest BCUT2D eigenvalue weighted by Gasteiger charge is 2.32. The van der Waals surface area contributed by atoms with Gasteiger partial charge in [0.15, 0.2) is 0 Å². The van der Waals surface area contributed by atoms with Crippen LogP contribution >= 0.6 is 28.3 Å². The molecular formula is C13H18BrClF3NO. The molecular weight excluding hydrogens is 358 g/mol. The summed E-state index contributed by atoms with van der Waals surface area (Å²) in [5.41, 5.74) is 5.38. The van der Waals surface area contributed by atoms with Gasteiger partial charge in [0.05, 0.1) is 17.7 Å². The van der Waals surface area contributed by atoms with Crippen molar-refractivity contribution in [2.45, 2.75) is 38.6 Å². The van der Waals surface area contributed by atoms with Gasteiger partial charge in [-0.3, -0.25) is 0 Å². The third-order valence-corrected chi connectivity index (χ3v) is 4.00. The van der Waals surface area contributed by atoms with E-state index in [1.807, 2.05) is 13.8 Å². The first kappa shape index (κ1) is 19.7. The summed E-state index contributed by atoms with van der Waals surface area (Å²) in [5, 5.41) is 10.0. The third kappa shape index (κ3) is 4.62. The molecule has 1 rings (SSSR count). The molecule has 0 aliphatic rings. The molecule has 0 radical (unpaired) electrons. The van der Waals surface area contributed by atoms with E-state index in [9.17, 15) is 18.3 Å². The standard InChI is InChI=1S/C13H17BrF3NO.ClH/c1-3-7(2)12(19)11(18)9-6-8(13(15,16)17)4-5-10(9)14;/h4-7,11-12,19H,3,18H2,1-2H3;1H/t7?,11-,12+;/m1./s1. The zero-order chi connectivity index (χ0) is 14.8. The molecule has 0 bridgehead atoms. The molecule has 1 aromatic carbocycles. The minimum Gasteiger partial charge on any atom is -0.391 e. The molecule has 0 fully saturated rings. The molecule has 0 amide bonds. The molecule has 1 aromatic rings. The molecule has 7 heteroatoms. The molecule has 0 spiro atoms. The van der Waals surface area contributed by atoms with Gasteiger partial charge in [-0.2, -0.15) is 13.2 Å². The fourth-order valence-corrected chi connectivity index (χ4v) is 2.27. The molecule has 3 atom stereocenters. The number of hydrogen-bond acceptors (Lipinski definition) is 2. The number of nitrogens with two attached hydrogens (primary N) is 1. The zero-order valence-corrected chi connectivity index (χ0v) is 13.5. The maximum absolute atomic E-state index is 12.7. The minimum atomic E-state index is -4.42. The number of aliphatic hydroxyl groups excluding tert-OH is 1. The number of alkyl halides is 3. The van der Waals surface area contributed by atoms with E-state index >= 15 is 0 Å². The van der Waals surface area contributed by atoms with Gasteiger partial charge >= 0.3 is 6.18 Å². The number of halogens is 5. The largest absolute Gasteiger partial charge is 0.416 e. The lowest BCUT2D eigenvalue weighted by atomic mass is 9.91. The van der Waals surface area contributed by atoms with E-state index in [2.05, 4.69) is 15.9 Å². The quantitative estimate of drug-likeness (QED) is 0.823. The molecule has 0 aromatic heterocycles. The molecule has 0 saturated carbocycles. The van der Waals surface area contributed by atoms with Gasteiger partial charge < -0.3 is 10.8 Å². The lowest BCUT2D eigenvalue weighted by molar-refractivity contribution is -0.137. The van der Waals surface area contributed by atoms with E-state index in [0.29, 0.717) is 10.9 Å². The Kier molecular flexibility index (Phi) is 7.52. The van der Waals surface area contributed by atoms with Crippen molar-refractivity contribution >= 4 is 28.3 Å². The molecule has 0 aliphatic carbocycles. The molecule has 1 unspecified atom stereocenters. The second-order valence-electron chi connectivity index (χ2n) is 4.64. The minimum absolute atomic E-state index is 0. The summed E-state index contributed by atoms with van der Waals surface area (Å²) in [5.74, 6) is -0.0866. The number of aliphatic hydroxyl groups is 1. The van der Waals surface area contributed by atoms with Crippen LogP contribution in [-0.2, 0) is 6.18 Å². The average Bonchev–Trinajstić information content (AvgIpc) is 2.35. The van der Waals surface area contributed by atoms with Crippen molar-refractivity contribution in [2.24, 2.45) is 11.7 Å². The molecule has 0 saturated heterocycles. The lowest BCUT2D eigenvalue weighted by Crippen LogP contribution is -2.32. The first-order valence-corrected chi connectivity index (χ1v) is 6.78. The highest BCUT2D eigenvalue weighted by molar-refractivity contribution is 9.10. The highest BCUT2D eigenvalue weighted by Crippen LogP contribution is 2.35. The number of hydrogen-bond donors (Lipinski definition) is 2. The van der Waals surface area contributed by atoms with Crippen LogP contribution in [0.15, 0.2) is 22.7 Å². The van der Waals surface area contributed by atoms with Crippen LogP contribution in [-0.4, -0.2) is 11.2 Å². The second-order valence-corrected chi connectivity index (χ2v) is 5.49. The Labute approximate surface area is 131 Å². The molecule has 0 aliphatic heterocycles. The normalized spacial score (nSPS) is 16.2. The van der Waals surface area contributed by atoms with E-state index < -0.39 is 23.9 Å². The summed E-state index contributed by atoms with van der Waals surface area (Å²) in [6.45, 7) is 3.70. The topological polar surface area (TPSA) is 46.2 Å². The van der Waals surface area contributed by atoms with Crippen LogP contribution in [0.1, 0.15) is 37.4 Å². The Morgan fingerprint density at radius 2 is 1.90 bits per heavy atom. The van der Waals surface area contributed by atoms with Crippen LogP contribution in [0.4, 0.5) is 13.2 Å². The maximum Gasteiger partial charge on any atom is 0.416 e. The third-order valence-electron chi connectivity index (χ3n) is 3.28. The van der Waals surface area contributed by atoms with Gasteiger partial charge in [-0.05, 0) is 29.7 Å². The van der Waals surface area contributed by atoms with E-state index in [0.717, 1.165) is 12.1 Å². The Hall–Kier alpha value is -0.300. The fraction of sp³-hybridized carbons (Fsp3) is 0.538. The van der Waals surface area contributed by atoms with Gasteiger partial charge in [-0.25, -0.2) is 0 Å². The van der Waals surface area contributed by atoms with E-state index in [1.165, 1.54) is 6.07 Å². The van der Waals surface area contributed by atoms with E-state index in [-0.39, 0.29) is 23.9 Å². The van der Waals surface area contributed by atoms with Crippen molar-refractivity contribution in [1.82, 2.24) is 0 Å². The van der Waals surface area contributed by atoms with Gasteiger partial charge in [-0.1, -0.05) is 36.2 Å². The molecule has 0 heterocycles. The first-order valence-electron chi connectivity index (χ1n) is 5.98. The maximum atomic E-state index is 12.7.